The fourth-order valence-corrected chi connectivity index (χ4v) is 1.86. The second-order valence-corrected chi connectivity index (χ2v) is 5.42. The molecule has 0 saturated carbocycles. The molecule has 0 radical (unpaired) electrons. The van der Waals surface area contributed by atoms with E-state index in [0.29, 0.717) is 0 Å². The Bertz CT molecular complexity index is 315. The Morgan fingerprint density at radius 1 is 1.24 bits per heavy atom. The molecule has 3 heteroatoms. The van der Waals surface area contributed by atoms with Crippen molar-refractivity contribution >= 4 is 15.9 Å². The van der Waals surface area contributed by atoms with Gasteiger partial charge in [0.05, 0.1) is 11.1 Å². The summed E-state index contributed by atoms with van der Waals surface area (Å²) in [4.78, 5) is 0. The number of nitrogens with one attached hydrogen (secondary N) is 1. The molecule has 1 rings (SSSR count). The van der Waals surface area contributed by atoms with E-state index in [1.807, 2.05) is 24.3 Å². The number of benzene rings is 1. The number of halogens is 1. The molecule has 0 spiro atoms. The summed E-state index contributed by atoms with van der Waals surface area (Å²) in [5.41, 5.74) is 0. The molecule has 0 bridgehead atoms. The van der Waals surface area contributed by atoms with E-state index in [0.717, 1.165) is 42.3 Å². The molecule has 0 aliphatic heterocycles. The quantitative estimate of drug-likeness (QED) is 0.736. The van der Waals surface area contributed by atoms with E-state index in [1.165, 1.54) is 6.42 Å². The SMILES string of the molecule is CC(C)CCNCCCOc1ccccc1Br. The van der Waals surface area contributed by atoms with E-state index < -0.39 is 0 Å². The lowest BCUT2D eigenvalue weighted by atomic mass is 10.1. The molecule has 0 saturated heterocycles. The first-order valence-electron chi connectivity index (χ1n) is 6.28. The van der Waals surface area contributed by atoms with E-state index in [-0.39, 0.29) is 0 Å². The van der Waals surface area contributed by atoms with Crippen LogP contribution in [0.25, 0.3) is 0 Å². The summed E-state index contributed by atoms with van der Waals surface area (Å²) in [6.07, 6.45) is 2.28. The zero-order chi connectivity index (χ0) is 12.5. The van der Waals surface area contributed by atoms with Crippen LogP contribution in [0.2, 0.25) is 0 Å². The van der Waals surface area contributed by atoms with Crippen LogP contribution in [0.15, 0.2) is 28.7 Å². The van der Waals surface area contributed by atoms with E-state index in [4.69, 9.17) is 4.74 Å². The molecular weight excluding hydrogens is 278 g/mol. The van der Waals surface area contributed by atoms with Crippen molar-refractivity contribution in [2.24, 2.45) is 5.92 Å². The molecule has 1 aromatic rings. The topological polar surface area (TPSA) is 21.3 Å². The van der Waals surface area contributed by atoms with E-state index in [1.54, 1.807) is 0 Å². The lowest BCUT2D eigenvalue weighted by Crippen LogP contribution is -2.19. The van der Waals surface area contributed by atoms with Crippen LogP contribution < -0.4 is 10.1 Å². The molecule has 0 amide bonds. The third-order valence-corrected chi connectivity index (χ3v) is 3.15. The largest absolute Gasteiger partial charge is 0.492 e. The summed E-state index contributed by atoms with van der Waals surface area (Å²) in [6.45, 7) is 7.39. The molecule has 17 heavy (non-hydrogen) atoms. The molecular formula is C14H22BrNO. The summed E-state index contributed by atoms with van der Waals surface area (Å²) in [7, 11) is 0. The van der Waals surface area contributed by atoms with Crippen LogP contribution in [0.1, 0.15) is 26.7 Å². The van der Waals surface area contributed by atoms with E-state index >= 15 is 0 Å². The van der Waals surface area contributed by atoms with Gasteiger partial charge in [0.2, 0.25) is 0 Å². The van der Waals surface area contributed by atoms with Gasteiger partial charge in [0, 0.05) is 0 Å². The van der Waals surface area contributed by atoms with Gasteiger partial charge in [-0.15, -0.1) is 0 Å². The monoisotopic (exact) mass is 299 g/mol. The summed E-state index contributed by atoms with van der Waals surface area (Å²) in [5.74, 6) is 1.70. The van der Waals surface area contributed by atoms with Gasteiger partial charge in [0.25, 0.3) is 0 Å². The van der Waals surface area contributed by atoms with Crippen molar-refractivity contribution in [3.05, 3.63) is 28.7 Å². The number of rotatable bonds is 8. The van der Waals surface area contributed by atoms with Crippen LogP contribution in [0.3, 0.4) is 0 Å². The zero-order valence-electron chi connectivity index (χ0n) is 10.7. The molecule has 1 aromatic carbocycles. The Kier molecular flexibility index (Phi) is 7.29. The second kappa shape index (κ2) is 8.54. The minimum atomic E-state index is 0.761. The zero-order valence-corrected chi connectivity index (χ0v) is 12.3. The van der Waals surface area contributed by atoms with Gasteiger partial charge in [-0.05, 0) is 59.9 Å². The maximum Gasteiger partial charge on any atom is 0.133 e. The highest BCUT2D eigenvalue weighted by atomic mass is 79.9. The number of hydrogen-bond acceptors (Lipinski definition) is 2. The van der Waals surface area contributed by atoms with Gasteiger partial charge in [0.1, 0.15) is 5.75 Å². The predicted molar refractivity (Wildman–Crippen MR) is 76.6 cm³/mol. The molecule has 0 unspecified atom stereocenters. The Balaban J connectivity index is 2.03. The van der Waals surface area contributed by atoms with Crippen LogP contribution in [-0.4, -0.2) is 19.7 Å². The normalized spacial score (nSPS) is 10.8. The highest BCUT2D eigenvalue weighted by Gasteiger charge is 1.98. The Labute approximate surface area is 113 Å². The Morgan fingerprint density at radius 2 is 2.00 bits per heavy atom. The maximum absolute atomic E-state index is 5.68. The third kappa shape index (κ3) is 6.69. The minimum absolute atomic E-state index is 0.761. The van der Waals surface area contributed by atoms with Crippen molar-refractivity contribution in [1.29, 1.82) is 0 Å². The average Bonchev–Trinajstić information content (AvgIpc) is 2.30. The van der Waals surface area contributed by atoms with Gasteiger partial charge in [-0.3, -0.25) is 0 Å². The van der Waals surface area contributed by atoms with Gasteiger partial charge >= 0.3 is 0 Å². The first-order chi connectivity index (χ1) is 8.20. The molecule has 96 valence electrons. The van der Waals surface area contributed by atoms with Crippen molar-refractivity contribution in [3.8, 4) is 5.75 Å². The summed E-state index contributed by atoms with van der Waals surface area (Å²) < 4.78 is 6.70. The lowest BCUT2D eigenvalue weighted by Gasteiger charge is -2.09. The third-order valence-electron chi connectivity index (χ3n) is 2.49. The molecule has 0 atom stereocenters. The van der Waals surface area contributed by atoms with Crippen LogP contribution in [0.5, 0.6) is 5.75 Å². The maximum atomic E-state index is 5.68. The first-order valence-corrected chi connectivity index (χ1v) is 7.07. The average molecular weight is 300 g/mol. The Hall–Kier alpha value is -0.540. The molecule has 0 heterocycles. The molecule has 2 nitrogen and oxygen atoms in total. The smallest absolute Gasteiger partial charge is 0.133 e. The van der Waals surface area contributed by atoms with E-state index in [2.05, 4.69) is 35.1 Å². The van der Waals surface area contributed by atoms with Crippen LogP contribution in [0.4, 0.5) is 0 Å². The van der Waals surface area contributed by atoms with Crippen LogP contribution >= 0.6 is 15.9 Å². The standard InChI is InChI=1S/C14H22BrNO/c1-12(2)8-10-16-9-5-11-17-14-7-4-3-6-13(14)15/h3-4,6-7,12,16H,5,8-11H2,1-2H3. The number of para-hydroxylation sites is 1. The summed E-state index contributed by atoms with van der Waals surface area (Å²) >= 11 is 3.47. The Morgan fingerprint density at radius 3 is 2.71 bits per heavy atom. The lowest BCUT2D eigenvalue weighted by molar-refractivity contribution is 0.306. The molecule has 0 aromatic heterocycles. The van der Waals surface area contributed by atoms with E-state index in [9.17, 15) is 0 Å². The van der Waals surface area contributed by atoms with Crippen molar-refractivity contribution in [2.45, 2.75) is 26.7 Å². The van der Waals surface area contributed by atoms with Gasteiger partial charge in [0.15, 0.2) is 0 Å². The predicted octanol–water partition coefficient (Wildman–Crippen LogP) is 3.85. The highest BCUT2D eigenvalue weighted by molar-refractivity contribution is 9.10. The van der Waals surface area contributed by atoms with Crippen LogP contribution in [0, 0.1) is 5.92 Å². The minimum Gasteiger partial charge on any atom is -0.492 e. The van der Waals surface area contributed by atoms with Crippen molar-refractivity contribution in [3.63, 3.8) is 0 Å². The summed E-state index contributed by atoms with van der Waals surface area (Å²) in [6, 6.07) is 7.96. The van der Waals surface area contributed by atoms with Crippen molar-refractivity contribution < 1.29 is 4.74 Å². The van der Waals surface area contributed by atoms with Gasteiger partial charge in [-0.25, -0.2) is 0 Å². The van der Waals surface area contributed by atoms with Gasteiger partial charge < -0.3 is 10.1 Å². The molecule has 0 aliphatic rings. The molecule has 1 N–H and O–H groups in total. The molecule has 0 aliphatic carbocycles. The highest BCUT2D eigenvalue weighted by Crippen LogP contribution is 2.23. The number of hydrogen-bond donors (Lipinski definition) is 1. The van der Waals surface area contributed by atoms with Crippen molar-refractivity contribution in [1.82, 2.24) is 5.32 Å². The molecule has 0 fully saturated rings. The van der Waals surface area contributed by atoms with Crippen molar-refractivity contribution in [2.75, 3.05) is 19.7 Å². The summed E-state index contributed by atoms with van der Waals surface area (Å²) in [5, 5.41) is 3.43. The van der Waals surface area contributed by atoms with Gasteiger partial charge in [-0.1, -0.05) is 26.0 Å². The fraction of sp³-hybridized carbons (Fsp3) is 0.571. The van der Waals surface area contributed by atoms with Crippen LogP contribution in [-0.2, 0) is 0 Å². The fourth-order valence-electron chi connectivity index (χ4n) is 1.46. The second-order valence-electron chi connectivity index (χ2n) is 4.56. The first kappa shape index (κ1) is 14.5. The number of ether oxygens (including phenoxy) is 1. The van der Waals surface area contributed by atoms with Gasteiger partial charge in [-0.2, -0.15) is 0 Å².